The first kappa shape index (κ1) is 15.7. The fourth-order valence-corrected chi connectivity index (χ4v) is 3.91. The van der Waals surface area contributed by atoms with Crippen molar-refractivity contribution >= 4 is 12.1 Å². The van der Waals surface area contributed by atoms with Crippen LogP contribution < -0.4 is 0 Å². The van der Waals surface area contributed by atoms with Crippen LogP contribution in [0.3, 0.4) is 0 Å². The van der Waals surface area contributed by atoms with Crippen LogP contribution in [0, 0.1) is 0 Å². The number of carbonyl (C=O) groups excluding carboxylic acids is 1. The Morgan fingerprint density at radius 1 is 1.08 bits per heavy atom. The summed E-state index contributed by atoms with van der Waals surface area (Å²) in [7, 11) is 0. The third-order valence-electron chi connectivity index (χ3n) is 5.21. The number of hydrogen-bond acceptors (Lipinski definition) is 3. The number of rotatable bonds is 3. The molecule has 5 nitrogen and oxygen atoms in total. The Balaban J connectivity index is 1.54. The maximum Gasteiger partial charge on any atom is 0.410 e. The van der Waals surface area contributed by atoms with Gasteiger partial charge >= 0.3 is 12.1 Å². The molecule has 1 heterocycles. The van der Waals surface area contributed by atoms with Crippen LogP contribution in [0.15, 0.2) is 48.5 Å². The highest BCUT2D eigenvalue weighted by molar-refractivity contribution is 5.83. The summed E-state index contributed by atoms with van der Waals surface area (Å²) in [4.78, 5) is 24.9. The van der Waals surface area contributed by atoms with E-state index in [4.69, 9.17) is 9.84 Å². The van der Waals surface area contributed by atoms with E-state index in [2.05, 4.69) is 24.3 Å². The van der Waals surface area contributed by atoms with Gasteiger partial charge in [-0.1, -0.05) is 48.5 Å². The largest absolute Gasteiger partial charge is 0.480 e. The zero-order valence-electron chi connectivity index (χ0n) is 13.9. The minimum absolute atomic E-state index is 0.0174. The van der Waals surface area contributed by atoms with Crippen molar-refractivity contribution in [2.75, 3.05) is 6.61 Å². The van der Waals surface area contributed by atoms with Crippen LogP contribution in [0.5, 0.6) is 0 Å². The molecule has 1 N–H and O–H groups in total. The number of carboxylic acid groups (broad SMARTS) is 1. The quantitative estimate of drug-likeness (QED) is 0.931. The monoisotopic (exact) mass is 337 g/mol. The Morgan fingerprint density at radius 2 is 1.64 bits per heavy atom. The van der Waals surface area contributed by atoms with E-state index < -0.39 is 18.1 Å². The second-order valence-electron chi connectivity index (χ2n) is 6.65. The number of carbonyl (C=O) groups is 2. The molecule has 128 valence electrons. The lowest BCUT2D eigenvalue weighted by Crippen LogP contribution is -2.60. The molecule has 0 saturated carbocycles. The van der Waals surface area contributed by atoms with Gasteiger partial charge in [-0.2, -0.15) is 0 Å². The number of ether oxygens (including phenoxy) is 1. The van der Waals surface area contributed by atoms with E-state index in [9.17, 15) is 9.59 Å². The smallest absolute Gasteiger partial charge is 0.410 e. The third kappa shape index (κ3) is 2.47. The van der Waals surface area contributed by atoms with Gasteiger partial charge in [-0.15, -0.1) is 0 Å². The summed E-state index contributed by atoms with van der Waals surface area (Å²) in [6, 6.07) is 15.4. The van der Waals surface area contributed by atoms with E-state index >= 15 is 0 Å². The summed E-state index contributed by atoms with van der Waals surface area (Å²) in [5, 5.41) is 9.16. The lowest BCUT2D eigenvalue weighted by molar-refractivity contribution is -0.149. The first-order valence-electron chi connectivity index (χ1n) is 8.44. The van der Waals surface area contributed by atoms with Gasteiger partial charge in [-0.05, 0) is 35.6 Å². The van der Waals surface area contributed by atoms with Crippen LogP contribution in [-0.4, -0.2) is 40.8 Å². The van der Waals surface area contributed by atoms with Crippen LogP contribution >= 0.6 is 0 Å². The molecule has 2 aliphatic rings. The van der Waals surface area contributed by atoms with Gasteiger partial charge in [0.25, 0.3) is 0 Å². The summed E-state index contributed by atoms with van der Waals surface area (Å²) in [5.74, 6) is -0.997. The molecule has 4 rings (SSSR count). The number of benzene rings is 2. The number of fused-ring (bicyclic) bond motifs is 3. The fraction of sp³-hybridized carbons (Fsp3) is 0.300. The molecule has 5 heteroatoms. The standard InChI is InChI=1S/C20H19NO4/c1-12-10-18(19(22)23)21(12)20(24)25-11-17-15-8-4-2-6-13(15)14-7-3-5-9-16(14)17/h2-9,12,17-18H,10-11H2,1H3,(H,22,23)/t12-,18+/m1/s1. The van der Waals surface area contributed by atoms with Gasteiger partial charge in [0.05, 0.1) is 0 Å². The summed E-state index contributed by atoms with van der Waals surface area (Å²) < 4.78 is 5.52. The molecule has 1 saturated heterocycles. The van der Waals surface area contributed by atoms with Gasteiger partial charge in [-0.25, -0.2) is 9.59 Å². The number of amides is 1. The van der Waals surface area contributed by atoms with Gasteiger partial charge in [0.1, 0.15) is 12.6 Å². The average molecular weight is 337 g/mol. The normalized spacial score (nSPS) is 21.2. The Hall–Kier alpha value is -2.82. The van der Waals surface area contributed by atoms with Crippen molar-refractivity contribution in [2.45, 2.75) is 31.3 Å². The van der Waals surface area contributed by atoms with Gasteiger partial charge in [0.2, 0.25) is 0 Å². The van der Waals surface area contributed by atoms with Crippen molar-refractivity contribution in [2.24, 2.45) is 0 Å². The summed E-state index contributed by atoms with van der Waals surface area (Å²) in [5.41, 5.74) is 4.62. The Kier molecular flexibility index (Phi) is 3.71. The zero-order valence-corrected chi connectivity index (χ0v) is 13.9. The number of hydrogen-bond donors (Lipinski definition) is 1. The minimum atomic E-state index is -0.980. The van der Waals surface area contributed by atoms with Gasteiger partial charge in [-0.3, -0.25) is 4.90 Å². The second kappa shape index (κ2) is 5.92. The van der Waals surface area contributed by atoms with E-state index in [0.717, 1.165) is 11.1 Å². The van der Waals surface area contributed by atoms with Crippen molar-refractivity contribution in [3.8, 4) is 11.1 Å². The molecule has 25 heavy (non-hydrogen) atoms. The summed E-state index contributed by atoms with van der Waals surface area (Å²) in [6.07, 6.45) is -0.0764. The van der Waals surface area contributed by atoms with E-state index in [1.807, 2.05) is 31.2 Å². The van der Waals surface area contributed by atoms with E-state index in [0.29, 0.717) is 6.42 Å². The van der Waals surface area contributed by atoms with Crippen LogP contribution in [-0.2, 0) is 9.53 Å². The predicted octanol–water partition coefficient (Wildman–Crippen LogP) is 3.48. The van der Waals surface area contributed by atoms with Gasteiger partial charge in [0, 0.05) is 12.0 Å². The Morgan fingerprint density at radius 3 is 2.16 bits per heavy atom. The number of nitrogens with zero attached hydrogens (tertiary/aromatic N) is 1. The molecule has 0 radical (unpaired) electrons. The lowest BCUT2D eigenvalue weighted by atomic mass is 9.95. The summed E-state index contributed by atoms with van der Waals surface area (Å²) >= 11 is 0. The van der Waals surface area contributed by atoms with E-state index in [1.165, 1.54) is 16.0 Å². The number of likely N-dealkylation sites (tertiary alicyclic amines) is 1. The maximum atomic E-state index is 12.4. The van der Waals surface area contributed by atoms with Crippen LogP contribution in [0.4, 0.5) is 4.79 Å². The van der Waals surface area contributed by atoms with Crippen LogP contribution in [0.1, 0.15) is 30.4 Å². The average Bonchev–Trinajstić information content (AvgIpc) is 2.91. The fourth-order valence-electron chi connectivity index (χ4n) is 3.91. The third-order valence-corrected chi connectivity index (χ3v) is 5.21. The highest BCUT2D eigenvalue weighted by atomic mass is 16.6. The number of carboxylic acids is 1. The van der Waals surface area contributed by atoms with Crippen molar-refractivity contribution < 1.29 is 19.4 Å². The first-order valence-corrected chi connectivity index (χ1v) is 8.44. The van der Waals surface area contributed by atoms with E-state index in [1.54, 1.807) is 0 Å². The maximum absolute atomic E-state index is 12.4. The molecule has 1 amide bonds. The molecule has 1 aliphatic heterocycles. The number of aliphatic carboxylic acids is 1. The van der Waals surface area contributed by atoms with Crippen LogP contribution in [0.25, 0.3) is 11.1 Å². The molecule has 2 atom stereocenters. The predicted molar refractivity (Wildman–Crippen MR) is 92.4 cm³/mol. The van der Waals surface area contributed by atoms with Crippen molar-refractivity contribution in [1.82, 2.24) is 4.90 Å². The molecule has 1 aliphatic carbocycles. The first-order chi connectivity index (χ1) is 12.1. The van der Waals surface area contributed by atoms with Crippen molar-refractivity contribution in [3.05, 3.63) is 59.7 Å². The molecular weight excluding hydrogens is 318 g/mol. The van der Waals surface area contributed by atoms with Crippen molar-refractivity contribution in [3.63, 3.8) is 0 Å². The topological polar surface area (TPSA) is 66.8 Å². The molecule has 1 fully saturated rings. The van der Waals surface area contributed by atoms with Crippen molar-refractivity contribution in [1.29, 1.82) is 0 Å². The summed E-state index contributed by atoms with van der Waals surface area (Å²) in [6.45, 7) is 2.04. The Labute approximate surface area is 145 Å². The molecule has 2 aromatic carbocycles. The highest BCUT2D eigenvalue weighted by Crippen LogP contribution is 2.44. The lowest BCUT2D eigenvalue weighted by Gasteiger charge is -2.43. The SMILES string of the molecule is C[C@@H]1C[C@@H](C(=O)O)N1C(=O)OCC1c2ccccc2-c2ccccc21. The second-order valence-corrected chi connectivity index (χ2v) is 6.65. The molecule has 0 unspecified atom stereocenters. The Bertz CT molecular complexity index is 802. The molecule has 0 aromatic heterocycles. The molecular formula is C20H19NO4. The molecule has 2 aromatic rings. The molecule has 0 bridgehead atoms. The van der Waals surface area contributed by atoms with Gasteiger partial charge < -0.3 is 9.84 Å². The molecule has 0 spiro atoms. The van der Waals surface area contributed by atoms with Crippen LogP contribution in [0.2, 0.25) is 0 Å². The highest BCUT2D eigenvalue weighted by Gasteiger charge is 2.44. The van der Waals surface area contributed by atoms with E-state index in [-0.39, 0.29) is 18.6 Å². The van der Waals surface area contributed by atoms with Gasteiger partial charge in [0.15, 0.2) is 0 Å². The minimum Gasteiger partial charge on any atom is -0.480 e. The zero-order chi connectivity index (χ0) is 17.6.